The minimum atomic E-state index is -0.444. The molecule has 0 radical (unpaired) electrons. The van der Waals surface area contributed by atoms with Crippen molar-refractivity contribution in [3.8, 4) is 0 Å². The van der Waals surface area contributed by atoms with Gasteiger partial charge in [0.25, 0.3) is 0 Å². The van der Waals surface area contributed by atoms with Gasteiger partial charge in [-0.25, -0.2) is 4.39 Å². The third-order valence-corrected chi connectivity index (χ3v) is 3.01. The van der Waals surface area contributed by atoms with Crippen LogP contribution in [0.15, 0.2) is 36.5 Å². The molecule has 0 saturated carbocycles. The van der Waals surface area contributed by atoms with E-state index in [9.17, 15) is 4.39 Å². The fraction of sp³-hybridized carbons (Fsp3) is 0.154. The molecule has 0 atom stereocenters. The van der Waals surface area contributed by atoms with Crippen molar-refractivity contribution < 1.29 is 4.39 Å². The number of anilines is 1. The van der Waals surface area contributed by atoms with E-state index in [0.29, 0.717) is 12.2 Å². The summed E-state index contributed by atoms with van der Waals surface area (Å²) >= 11 is 11.8. The third-order valence-electron chi connectivity index (χ3n) is 2.42. The highest BCUT2D eigenvalue weighted by atomic mass is 35.5. The molecule has 1 aromatic heterocycles. The van der Waals surface area contributed by atoms with Gasteiger partial charge in [-0.2, -0.15) is 0 Å². The standard InChI is InChI=1S/C13H11Cl2FN2/c14-11-7-9(16)8-12(15)13(11)18-6-4-10-3-1-2-5-17-10/h1-3,5,7-8,18H,4,6H2. The number of halogens is 3. The molecule has 0 spiro atoms. The Hall–Kier alpha value is -1.32. The van der Waals surface area contributed by atoms with Crippen LogP contribution in [0.5, 0.6) is 0 Å². The second-order valence-corrected chi connectivity index (χ2v) is 4.56. The lowest BCUT2D eigenvalue weighted by molar-refractivity contribution is 0.628. The predicted molar refractivity (Wildman–Crippen MR) is 72.9 cm³/mol. The van der Waals surface area contributed by atoms with Gasteiger partial charge in [0.1, 0.15) is 5.82 Å². The monoisotopic (exact) mass is 284 g/mol. The first-order valence-corrected chi connectivity index (χ1v) is 6.21. The van der Waals surface area contributed by atoms with Gasteiger partial charge in [-0.3, -0.25) is 4.98 Å². The number of nitrogens with one attached hydrogen (secondary N) is 1. The van der Waals surface area contributed by atoms with E-state index >= 15 is 0 Å². The van der Waals surface area contributed by atoms with Crippen molar-refractivity contribution >= 4 is 28.9 Å². The van der Waals surface area contributed by atoms with Gasteiger partial charge in [0.2, 0.25) is 0 Å². The first-order valence-electron chi connectivity index (χ1n) is 5.45. The van der Waals surface area contributed by atoms with Gasteiger partial charge in [0, 0.05) is 24.9 Å². The zero-order valence-electron chi connectivity index (χ0n) is 9.46. The Morgan fingerprint density at radius 3 is 2.50 bits per heavy atom. The summed E-state index contributed by atoms with van der Waals surface area (Å²) < 4.78 is 13.0. The summed E-state index contributed by atoms with van der Waals surface area (Å²) in [6.07, 6.45) is 2.48. The summed E-state index contributed by atoms with van der Waals surface area (Å²) in [6.45, 7) is 0.627. The predicted octanol–water partition coefficient (Wildman–Crippen LogP) is 4.18. The number of aromatic nitrogens is 1. The Bertz CT molecular complexity index is 509. The first kappa shape index (κ1) is 13.1. The molecule has 0 aliphatic heterocycles. The van der Waals surface area contributed by atoms with Gasteiger partial charge >= 0.3 is 0 Å². The van der Waals surface area contributed by atoms with E-state index in [2.05, 4.69) is 10.3 Å². The highest BCUT2D eigenvalue weighted by Crippen LogP contribution is 2.31. The molecule has 2 aromatic rings. The molecule has 5 heteroatoms. The Morgan fingerprint density at radius 1 is 1.17 bits per heavy atom. The van der Waals surface area contributed by atoms with Crippen LogP contribution in [0.2, 0.25) is 10.0 Å². The average molecular weight is 285 g/mol. The maximum Gasteiger partial charge on any atom is 0.126 e. The molecule has 0 aliphatic rings. The maximum atomic E-state index is 13.0. The van der Waals surface area contributed by atoms with Gasteiger partial charge < -0.3 is 5.32 Å². The summed E-state index contributed by atoms with van der Waals surface area (Å²) in [5.74, 6) is -0.444. The van der Waals surface area contributed by atoms with Crippen LogP contribution in [0, 0.1) is 5.82 Å². The van der Waals surface area contributed by atoms with Crippen molar-refractivity contribution in [2.45, 2.75) is 6.42 Å². The van der Waals surface area contributed by atoms with Crippen molar-refractivity contribution in [2.24, 2.45) is 0 Å². The van der Waals surface area contributed by atoms with E-state index in [0.717, 1.165) is 12.1 Å². The Labute approximate surface area is 115 Å². The summed E-state index contributed by atoms with van der Waals surface area (Å²) in [4.78, 5) is 4.20. The van der Waals surface area contributed by atoms with Crippen LogP contribution in [-0.4, -0.2) is 11.5 Å². The van der Waals surface area contributed by atoms with Gasteiger partial charge in [-0.15, -0.1) is 0 Å². The van der Waals surface area contributed by atoms with Crippen LogP contribution in [-0.2, 0) is 6.42 Å². The third kappa shape index (κ3) is 3.34. The van der Waals surface area contributed by atoms with Crippen LogP contribution >= 0.6 is 23.2 Å². The lowest BCUT2D eigenvalue weighted by Crippen LogP contribution is -2.06. The fourth-order valence-electron chi connectivity index (χ4n) is 1.57. The maximum absolute atomic E-state index is 13.0. The van der Waals surface area contributed by atoms with Crippen molar-refractivity contribution in [3.63, 3.8) is 0 Å². The van der Waals surface area contributed by atoms with E-state index in [1.807, 2.05) is 18.2 Å². The summed E-state index contributed by atoms with van der Waals surface area (Å²) in [6, 6.07) is 8.20. The average Bonchev–Trinajstić information content (AvgIpc) is 2.34. The van der Waals surface area contributed by atoms with Crippen LogP contribution in [0.1, 0.15) is 5.69 Å². The largest absolute Gasteiger partial charge is 0.382 e. The molecule has 1 aromatic carbocycles. The number of rotatable bonds is 4. The zero-order chi connectivity index (χ0) is 13.0. The molecule has 18 heavy (non-hydrogen) atoms. The lowest BCUT2D eigenvalue weighted by Gasteiger charge is -2.10. The van der Waals surface area contributed by atoms with Gasteiger partial charge in [0.15, 0.2) is 0 Å². The molecule has 0 aliphatic carbocycles. The topological polar surface area (TPSA) is 24.9 Å². The molecule has 1 heterocycles. The van der Waals surface area contributed by atoms with Gasteiger partial charge in [-0.1, -0.05) is 29.3 Å². The highest BCUT2D eigenvalue weighted by Gasteiger charge is 2.07. The fourth-order valence-corrected chi connectivity index (χ4v) is 2.17. The van der Waals surface area contributed by atoms with Gasteiger partial charge in [-0.05, 0) is 24.3 Å². The van der Waals surface area contributed by atoms with Crippen LogP contribution in [0.4, 0.5) is 10.1 Å². The Balaban J connectivity index is 1.99. The smallest absolute Gasteiger partial charge is 0.126 e. The number of benzene rings is 1. The van der Waals surface area contributed by atoms with Gasteiger partial charge in [0.05, 0.1) is 15.7 Å². The van der Waals surface area contributed by atoms with E-state index in [-0.39, 0.29) is 10.0 Å². The summed E-state index contributed by atoms with van der Waals surface area (Å²) in [5, 5.41) is 3.64. The molecule has 0 amide bonds. The highest BCUT2D eigenvalue weighted by molar-refractivity contribution is 6.39. The number of hydrogen-bond donors (Lipinski definition) is 1. The quantitative estimate of drug-likeness (QED) is 0.911. The molecule has 0 bridgehead atoms. The SMILES string of the molecule is Fc1cc(Cl)c(NCCc2ccccn2)c(Cl)c1. The molecule has 94 valence electrons. The summed E-state index contributed by atoms with van der Waals surface area (Å²) in [5.41, 5.74) is 1.52. The van der Waals surface area contributed by atoms with Crippen molar-refractivity contribution in [1.29, 1.82) is 0 Å². The van der Waals surface area contributed by atoms with Crippen LogP contribution in [0.3, 0.4) is 0 Å². The minimum Gasteiger partial charge on any atom is -0.382 e. The summed E-state index contributed by atoms with van der Waals surface area (Å²) in [7, 11) is 0. The number of nitrogens with zero attached hydrogens (tertiary/aromatic N) is 1. The van der Waals surface area contributed by atoms with Crippen molar-refractivity contribution in [1.82, 2.24) is 4.98 Å². The molecule has 1 N–H and O–H groups in total. The zero-order valence-corrected chi connectivity index (χ0v) is 11.0. The van der Waals surface area contributed by atoms with Crippen molar-refractivity contribution in [3.05, 3.63) is 58.1 Å². The molecular formula is C13H11Cl2FN2. The van der Waals surface area contributed by atoms with Crippen LogP contribution < -0.4 is 5.32 Å². The van der Waals surface area contributed by atoms with E-state index in [1.165, 1.54) is 12.1 Å². The Morgan fingerprint density at radius 2 is 1.89 bits per heavy atom. The molecule has 2 nitrogen and oxygen atoms in total. The number of pyridine rings is 1. The molecule has 0 saturated heterocycles. The number of hydrogen-bond acceptors (Lipinski definition) is 2. The molecule has 0 unspecified atom stereocenters. The second-order valence-electron chi connectivity index (χ2n) is 3.74. The molecule has 0 fully saturated rings. The normalized spacial score (nSPS) is 10.4. The molecule has 2 rings (SSSR count). The van der Waals surface area contributed by atoms with E-state index in [4.69, 9.17) is 23.2 Å². The van der Waals surface area contributed by atoms with E-state index < -0.39 is 5.82 Å². The Kier molecular flexibility index (Phi) is 4.39. The second kappa shape index (κ2) is 6.03. The van der Waals surface area contributed by atoms with Crippen LogP contribution in [0.25, 0.3) is 0 Å². The first-order chi connectivity index (χ1) is 8.66. The molecular weight excluding hydrogens is 274 g/mol. The van der Waals surface area contributed by atoms with E-state index in [1.54, 1.807) is 6.20 Å². The van der Waals surface area contributed by atoms with Crippen molar-refractivity contribution in [2.75, 3.05) is 11.9 Å². The lowest BCUT2D eigenvalue weighted by atomic mass is 10.2. The minimum absolute atomic E-state index is 0.279.